The number of rotatable bonds is 5. The summed E-state index contributed by atoms with van der Waals surface area (Å²) in [4.78, 5) is 40.8. The van der Waals surface area contributed by atoms with E-state index in [9.17, 15) is 14.4 Å². The maximum atomic E-state index is 12.6. The van der Waals surface area contributed by atoms with E-state index in [4.69, 9.17) is 0 Å². The van der Waals surface area contributed by atoms with Gasteiger partial charge in [0.1, 0.15) is 0 Å². The highest BCUT2D eigenvalue weighted by Gasteiger charge is 2.35. The quantitative estimate of drug-likeness (QED) is 0.832. The number of hydrogen-bond donors (Lipinski definition) is 1. The minimum Gasteiger partial charge on any atom is -0.352 e. The summed E-state index contributed by atoms with van der Waals surface area (Å²) in [5.74, 6) is -0.365. The first-order valence-electron chi connectivity index (χ1n) is 10.5. The zero-order valence-corrected chi connectivity index (χ0v) is 17.5. The topological polar surface area (TPSA) is 69.7 Å². The van der Waals surface area contributed by atoms with E-state index in [2.05, 4.69) is 5.32 Å². The third-order valence-corrected chi connectivity index (χ3v) is 5.92. The van der Waals surface area contributed by atoms with E-state index in [1.807, 2.05) is 61.2 Å². The van der Waals surface area contributed by atoms with Gasteiger partial charge < -0.3 is 15.1 Å². The Labute approximate surface area is 176 Å². The molecule has 1 saturated heterocycles. The van der Waals surface area contributed by atoms with Crippen LogP contribution in [-0.2, 0) is 27.3 Å². The standard InChI is InChI=1S/C24H27N3O3/c1-3-22(28)26-10-9-18-12-20(7-8-21(18)26)27-15-19(13-23(27)29)24(30)25-14-17-6-4-5-16(2)11-17/h4-8,11-12,19H,3,9-10,13-15H2,1-2H3,(H,25,30)/t19-/m1/s1. The Morgan fingerprint density at radius 3 is 2.77 bits per heavy atom. The molecule has 6 heteroatoms. The average Bonchev–Trinajstić information content (AvgIpc) is 3.34. The second kappa shape index (κ2) is 8.30. The van der Waals surface area contributed by atoms with Crippen LogP contribution in [0, 0.1) is 12.8 Å². The minimum atomic E-state index is -0.353. The number of benzene rings is 2. The van der Waals surface area contributed by atoms with Gasteiger partial charge in [-0.25, -0.2) is 0 Å². The molecule has 1 fully saturated rings. The summed E-state index contributed by atoms with van der Waals surface area (Å²) in [6.07, 6.45) is 1.49. The molecule has 0 unspecified atom stereocenters. The maximum Gasteiger partial charge on any atom is 0.227 e. The van der Waals surface area contributed by atoms with E-state index in [1.165, 1.54) is 0 Å². The van der Waals surface area contributed by atoms with E-state index in [-0.39, 0.29) is 30.1 Å². The van der Waals surface area contributed by atoms with E-state index < -0.39 is 0 Å². The molecule has 0 radical (unpaired) electrons. The number of hydrogen-bond acceptors (Lipinski definition) is 3. The van der Waals surface area contributed by atoms with Crippen LogP contribution in [0.4, 0.5) is 11.4 Å². The van der Waals surface area contributed by atoms with E-state index in [1.54, 1.807) is 4.90 Å². The Balaban J connectivity index is 1.41. The highest BCUT2D eigenvalue weighted by Crippen LogP contribution is 2.34. The summed E-state index contributed by atoms with van der Waals surface area (Å²) in [5, 5.41) is 2.97. The maximum absolute atomic E-state index is 12.6. The molecular weight excluding hydrogens is 378 g/mol. The second-order valence-corrected chi connectivity index (χ2v) is 8.07. The predicted octanol–water partition coefficient (Wildman–Crippen LogP) is 2.96. The van der Waals surface area contributed by atoms with E-state index in [0.29, 0.717) is 26.1 Å². The lowest BCUT2D eigenvalue weighted by Gasteiger charge is -2.20. The molecule has 30 heavy (non-hydrogen) atoms. The van der Waals surface area contributed by atoms with Crippen LogP contribution < -0.4 is 15.1 Å². The third kappa shape index (κ3) is 3.95. The smallest absolute Gasteiger partial charge is 0.227 e. The van der Waals surface area contributed by atoms with Gasteiger partial charge in [0.25, 0.3) is 0 Å². The van der Waals surface area contributed by atoms with Crippen molar-refractivity contribution in [1.29, 1.82) is 0 Å². The van der Waals surface area contributed by atoms with E-state index >= 15 is 0 Å². The van der Waals surface area contributed by atoms with Crippen LogP contribution in [0.3, 0.4) is 0 Å². The first-order valence-corrected chi connectivity index (χ1v) is 10.5. The van der Waals surface area contributed by atoms with Gasteiger partial charge in [-0.05, 0) is 42.7 Å². The van der Waals surface area contributed by atoms with Gasteiger partial charge in [0, 0.05) is 43.9 Å². The summed E-state index contributed by atoms with van der Waals surface area (Å²) in [5.41, 5.74) is 5.02. The van der Waals surface area contributed by atoms with Gasteiger partial charge in [0.05, 0.1) is 5.92 Å². The van der Waals surface area contributed by atoms with Gasteiger partial charge in [-0.1, -0.05) is 36.8 Å². The molecule has 3 amide bonds. The highest BCUT2D eigenvalue weighted by molar-refractivity contribution is 6.01. The van der Waals surface area contributed by atoms with E-state index in [0.717, 1.165) is 34.5 Å². The summed E-state index contributed by atoms with van der Waals surface area (Å²) < 4.78 is 0. The van der Waals surface area contributed by atoms with Crippen LogP contribution in [0.1, 0.15) is 36.5 Å². The normalized spacial score (nSPS) is 17.9. The monoisotopic (exact) mass is 405 g/mol. The van der Waals surface area contributed by atoms with Crippen molar-refractivity contribution < 1.29 is 14.4 Å². The molecule has 2 aliphatic heterocycles. The number of carbonyl (C=O) groups excluding carboxylic acids is 3. The lowest BCUT2D eigenvalue weighted by atomic mass is 10.1. The summed E-state index contributed by atoms with van der Waals surface area (Å²) in [7, 11) is 0. The number of nitrogens with zero attached hydrogens (tertiary/aromatic N) is 2. The Morgan fingerprint density at radius 1 is 1.17 bits per heavy atom. The van der Waals surface area contributed by atoms with Crippen molar-refractivity contribution >= 4 is 29.1 Å². The first-order chi connectivity index (χ1) is 14.5. The number of anilines is 2. The van der Waals surface area contributed by atoms with Crippen molar-refractivity contribution in [2.24, 2.45) is 5.92 Å². The van der Waals surface area contributed by atoms with Crippen molar-refractivity contribution in [2.45, 2.75) is 39.7 Å². The van der Waals surface area contributed by atoms with Crippen LogP contribution in [0.5, 0.6) is 0 Å². The Morgan fingerprint density at radius 2 is 2.00 bits per heavy atom. The molecule has 0 bridgehead atoms. The van der Waals surface area contributed by atoms with Crippen molar-refractivity contribution in [3.8, 4) is 0 Å². The molecule has 4 rings (SSSR count). The van der Waals surface area contributed by atoms with Crippen molar-refractivity contribution in [2.75, 3.05) is 22.9 Å². The zero-order chi connectivity index (χ0) is 21.3. The molecule has 1 N–H and O–H groups in total. The fraction of sp³-hybridized carbons (Fsp3) is 0.375. The zero-order valence-electron chi connectivity index (χ0n) is 17.5. The van der Waals surface area contributed by atoms with Crippen LogP contribution in [-0.4, -0.2) is 30.8 Å². The predicted molar refractivity (Wildman–Crippen MR) is 116 cm³/mol. The molecular formula is C24H27N3O3. The molecule has 2 aliphatic rings. The van der Waals surface area contributed by atoms with Gasteiger partial charge in [-0.15, -0.1) is 0 Å². The average molecular weight is 405 g/mol. The molecule has 2 aromatic rings. The largest absolute Gasteiger partial charge is 0.352 e. The van der Waals surface area contributed by atoms with Crippen molar-refractivity contribution in [3.05, 3.63) is 59.2 Å². The highest BCUT2D eigenvalue weighted by atomic mass is 16.2. The first kappa shape index (κ1) is 20.1. The van der Waals surface area contributed by atoms with Gasteiger partial charge >= 0.3 is 0 Å². The van der Waals surface area contributed by atoms with Crippen LogP contribution in [0.25, 0.3) is 0 Å². The third-order valence-electron chi connectivity index (χ3n) is 5.92. The molecule has 0 aromatic heterocycles. The Bertz CT molecular complexity index is 1000. The number of aryl methyl sites for hydroxylation is 1. The molecule has 156 valence electrons. The van der Waals surface area contributed by atoms with Gasteiger partial charge in [-0.2, -0.15) is 0 Å². The summed E-state index contributed by atoms with van der Waals surface area (Å²) in [6.45, 7) is 5.41. The SMILES string of the molecule is CCC(=O)N1CCc2cc(N3C[C@H](C(=O)NCc4cccc(C)c4)CC3=O)ccc21. The van der Waals surface area contributed by atoms with Gasteiger partial charge in [0.15, 0.2) is 0 Å². The van der Waals surface area contributed by atoms with Crippen LogP contribution >= 0.6 is 0 Å². The van der Waals surface area contributed by atoms with Crippen molar-refractivity contribution in [3.63, 3.8) is 0 Å². The molecule has 2 heterocycles. The van der Waals surface area contributed by atoms with Gasteiger partial charge in [-0.3, -0.25) is 14.4 Å². The van der Waals surface area contributed by atoms with Crippen molar-refractivity contribution in [1.82, 2.24) is 5.32 Å². The lowest BCUT2D eigenvalue weighted by Crippen LogP contribution is -2.32. The van der Waals surface area contributed by atoms with Crippen LogP contribution in [0.2, 0.25) is 0 Å². The summed E-state index contributed by atoms with van der Waals surface area (Å²) >= 11 is 0. The minimum absolute atomic E-state index is 0.0369. The molecule has 0 spiro atoms. The number of fused-ring (bicyclic) bond motifs is 1. The lowest BCUT2D eigenvalue weighted by molar-refractivity contribution is -0.126. The number of carbonyl (C=O) groups is 3. The summed E-state index contributed by atoms with van der Waals surface area (Å²) in [6, 6.07) is 13.8. The Kier molecular flexibility index (Phi) is 5.57. The second-order valence-electron chi connectivity index (χ2n) is 8.07. The molecule has 1 atom stereocenters. The van der Waals surface area contributed by atoms with Gasteiger partial charge in [0.2, 0.25) is 17.7 Å². The molecule has 0 saturated carbocycles. The number of nitrogens with one attached hydrogen (secondary N) is 1. The number of amides is 3. The fourth-order valence-electron chi connectivity index (χ4n) is 4.29. The van der Waals surface area contributed by atoms with Crippen LogP contribution in [0.15, 0.2) is 42.5 Å². The molecule has 6 nitrogen and oxygen atoms in total. The molecule has 0 aliphatic carbocycles. The Hall–Kier alpha value is -3.15. The molecule has 2 aromatic carbocycles. The fourth-order valence-corrected chi connectivity index (χ4v) is 4.29.